The van der Waals surface area contributed by atoms with Gasteiger partial charge in [-0.3, -0.25) is 9.79 Å². The molecular weight excluding hydrogens is 316 g/mol. The van der Waals surface area contributed by atoms with E-state index in [1.54, 1.807) is 11.8 Å². The number of carbonyl (C=O) groups excluding carboxylic acids is 1. The van der Waals surface area contributed by atoms with E-state index in [1.807, 2.05) is 18.2 Å². The van der Waals surface area contributed by atoms with Crippen molar-refractivity contribution in [2.75, 3.05) is 12.3 Å². The zero-order valence-electron chi connectivity index (χ0n) is 9.48. The van der Waals surface area contributed by atoms with Gasteiger partial charge in [-0.1, -0.05) is 27.7 Å². The van der Waals surface area contributed by atoms with Crippen molar-refractivity contribution in [2.24, 2.45) is 4.99 Å². The Morgan fingerprint density at radius 3 is 3.22 bits per heavy atom. The molecule has 0 spiro atoms. The Hall–Kier alpha value is -1.01. The molecule has 0 radical (unpaired) electrons. The van der Waals surface area contributed by atoms with Crippen molar-refractivity contribution in [3.05, 3.63) is 28.2 Å². The predicted molar refractivity (Wildman–Crippen MR) is 75.2 cm³/mol. The van der Waals surface area contributed by atoms with Crippen LogP contribution in [-0.2, 0) is 11.2 Å². The monoisotopic (exact) mass is 326 g/mol. The van der Waals surface area contributed by atoms with Crippen molar-refractivity contribution < 1.29 is 9.53 Å². The molecule has 18 heavy (non-hydrogen) atoms. The van der Waals surface area contributed by atoms with E-state index < -0.39 is 6.10 Å². The third-order valence-corrected chi connectivity index (χ3v) is 4.19. The standard InChI is InChI=1S/C12H11BrN2O2S/c13-8-1-2-9-7(5-8)6-10(17-9)11(16)15-12-14-3-4-18-12/h1-2,5,10H,3-4,6H2,(H,14,15,16)/t10-/m0/s1. The van der Waals surface area contributed by atoms with E-state index in [0.29, 0.717) is 11.6 Å². The summed E-state index contributed by atoms with van der Waals surface area (Å²) in [4.78, 5) is 16.2. The number of thioether (sulfide) groups is 1. The van der Waals surface area contributed by atoms with Gasteiger partial charge in [-0.05, 0) is 23.8 Å². The Kier molecular flexibility index (Phi) is 3.30. The van der Waals surface area contributed by atoms with Gasteiger partial charge in [-0.15, -0.1) is 0 Å². The lowest BCUT2D eigenvalue weighted by molar-refractivity contribution is -0.125. The summed E-state index contributed by atoms with van der Waals surface area (Å²) in [5, 5.41) is 3.52. The van der Waals surface area contributed by atoms with Gasteiger partial charge < -0.3 is 10.1 Å². The summed E-state index contributed by atoms with van der Waals surface area (Å²) in [6.07, 6.45) is 0.164. The minimum Gasteiger partial charge on any atom is -0.480 e. The number of amides is 1. The average Bonchev–Trinajstić information content (AvgIpc) is 2.96. The zero-order valence-corrected chi connectivity index (χ0v) is 11.9. The summed E-state index contributed by atoms with van der Waals surface area (Å²) >= 11 is 4.99. The summed E-state index contributed by atoms with van der Waals surface area (Å²) in [5.41, 5.74) is 1.06. The minimum absolute atomic E-state index is 0.115. The van der Waals surface area contributed by atoms with Crippen LogP contribution in [0.15, 0.2) is 27.7 Å². The lowest BCUT2D eigenvalue weighted by Gasteiger charge is -2.10. The topological polar surface area (TPSA) is 50.7 Å². The molecule has 0 fully saturated rings. The number of benzene rings is 1. The molecule has 0 aliphatic carbocycles. The normalized spacial score (nSPS) is 21.2. The van der Waals surface area contributed by atoms with Crippen LogP contribution in [0.3, 0.4) is 0 Å². The SMILES string of the molecule is O=C(NC1=NCCS1)[C@@H]1Cc2cc(Br)ccc2O1. The Morgan fingerprint density at radius 1 is 1.56 bits per heavy atom. The Morgan fingerprint density at radius 2 is 2.44 bits per heavy atom. The lowest BCUT2D eigenvalue weighted by Crippen LogP contribution is -2.39. The fraction of sp³-hybridized carbons (Fsp3) is 0.333. The van der Waals surface area contributed by atoms with E-state index in [9.17, 15) is 4.79 Å². The highest BCUT2D eigenvalue weighted by Crippen LogP contribution is 2.31. The number of hydrogen-bond acceptors (Lipinski definition) is 4. The van der Waals surface area contributed by atoms with Gasteiger partial charge in [0.2, 0.25) is 0 Å². The molecule has 1 aromatic rings. The molecule has 1 N–H and O–H groups in total. The average molecular weight is 327 g/mol. The van der Waals surface area contributed by atoms with E-state index in [4.69, 9.17) is 4.74 Å². The highest BCUT2D eigenvalue weighted by molar-refractivity contribution is 9.10. The maximum Gasteiger partial charge on any atom is 0.267 e. The van der Waals surface area contributed by atoms with Gasteiger partial charge in [0, 0.05) is 16.6 Å². The number of halogens is 1. The van der Waals surface area contributed by atoms with Crippen molar-refractivity contribution in [3.8, 4) is 5.75 Å². The summed E-state index contributed by atoms with van der Waals surface area (Å²) < 4.78 is 6.64. The molecule has 2 heterocycles. The summed E-state index contributed by atoms with van der Waals surface area (Å²) in [7, 11) is 0. The highest BCUT2D eigenvalue weighted by atomic mass is 79.9. The fourth-order valence-electron chi connectivity index (χ4n) is 1.96. The number of fused-ring (bicyclic) bond motifs is 1. The number of amidine groups is 1. The Balaban J connectivity index is 1.68. The van der Waals surface area contributed by atoms with Crippen LogP contribution in [0.25, 0.3) is 0 Å². The smallest absolute Gasteiger partial charge is 0.267 e. The molecule has 1 amide bonds. The van der Waals surface area contributed by atoms with E-state index in [0.717, 1.165) is 28.1 Å². The zero-order chi connectivity index (χ0) is 12.5. The molecule has 2 aliphatic heterocycles. The summed E-state index contributed by atoms with van der Waals surface area (Å²) in [6.45, 7) is 0.777. The van der Waals surface area contributed by atoms with Crippen LogP contribution < -0.4 is 10.1 Å². The number of hydrogen-bond donors (Lipinski definition) is 1. The highest BCUT2D eigenvalue weighted by Gasteiger charge is 2.30. The van der Waals surface area contributed by atoms with Gasteiger partial charge in [-0.2, -0.15) is 0 Å². The number of rotatable bonds is 1. The molecule has 6 heteroatoms. The fourth-order valence-corrected chi connectivity index (χ4v) is 3.10. The quantitative estimate of drug-likeness (QED) is 0.858. The lowest BCUT2D eigenvalue weighted by atomic mass is 10.1. The predicted octanol–water partition coefficient (Wildman–Crippen LogP) is 1.97. The van der Waals surface area contributed by atoms with Gasteiger partial charge in [0.05, 0.1) is 6.54 Å². The van der Waals surface area contributed by atoms with E-state index in [1.165, 1.54) is 0 Å². The molecule has 2 aliphatic rings. The van der Waals surface area contributed by atoms with Gasteiger partial charge >= 0.3 is 0 Å². The van der Waals surface area contributed by atoms with Crippen LogP contribution in [0.1, 0.15) is 5.56 Å². The number of nitrogens with one attached hydrogen (secondary N) is 1. The second kappa shape index (κ2) is 4.93. The van der Waals surface area contributed by atoms with Gasteiger partial charge in [0.25, 0.3) is 5.91 Å². The first kappa shape index (κ1) is 12.0. The second-order valence-corrected chi connectivity index (χ2v) is 6.09. The van der Waals surface area contributed by atoms with Crippen molar-refractivity contribution in [1.29, 1.82) is 0 Å². The summed E-state index contributed by atoms with van der Waals surface area (Å²) in [5.74, 6) is 1.61. The molecule has 0 saturated heterocycles. The molecule has 0 unspecified atom stereocenters. The molecule has 0 aromatic heterocycles. The second-order valence-electron chi connectivity index (χ2n) is 4.09. The van der Waals surface area contributed by atoms with E-state index >= 15 is 0 Å². The Bertz CT molecular complexity index is 533. The number of ether oxygens (including phenoxy) is 1. The van der Waals surface area contributed by atoms with Crippen molar-refractivity contribution in [2.45, 2.75) is 12.5 Å². The van der Waals surface area contributed by atoms with Gasteiger partial charge in [-0.25, -0.2) is 0 Å². The minimum atomic E-state index is -0.446. The van der Waals surface area contributed by atoms with Crippen LogP contribution >= 0.6 is 27.7 Å². The maximum absolute atomic E-state index is 12.0. The maximum atomic E-state index is 12.0. The van der Waals surface area contributed by atoms with Crippen LogP contribution in [0.4, 0.5) is 0 Å². The van der Waals surface area contributed by atoms with Crippen LogP contribution in [0.5, 0.6) is 5.75 Å². The molecule has 0 saturated carbocycles. The van der Waals surface area contributed by atoms with Crippen LogP contribution in [0, 0.1) is 0 Å². The van der Waals surface area contributed by atoms with Gasteiger partial charge in [0.15, 0.2) is 11.3 Å². The van der Waals surface area contributed by atoms with Crippen molar-refractivity contribution in [1.82, 2.24) is 5.32 Å². The number of nitrogens with zero attached hydrogens (tertiary/aromatic N) is 1. The molecule has 0 bridgehead atoms. The van der Waals surface area contributed by atoms with E-state index in [-0.39, 0.29) is 5.91 Å². The first-order valence-electron chi connectivity index (χ1n) is 5.65. The third-order valence-electron chi connectivity index (χ3n) is 2.81. The van der Waals surface area contributed by atoms with Crippen molar-refractivity contribution >= 4 is 38.8 Å². The number of carbonyl (C=O) groups is 1. The Labute approximate surface area is 117 Å². The molecule has 4 nitrogen and oxygen atoms in total. The largest absolute Gasteiger partial charge is 0.480 e. The molecule has 1 atom stereocenters. The van der Waals surface area contributed by atoms with E-state index in [2.05, 4.69) is 26.2 Å². The number of aliphatic imine (C=N–C) groups is 1. The van der Waals surface area contributed by atoms with Crippen LogP contribution in [-0.4, -0.2) is 29.5 Å². The molecule has 1 aromatic carbocycles. The van der Waals surface area contributed by atoms with Crippen molar-refractivity contribution in [3.63, 3.8) is 0 Å². The third kappa shape index (κ3) is 2.40. The first-order valence-corrected chi connectivity index (χ1v) is 7.43. The molecule has 94 valence electrons. The van der Waals surface area contributed by atoms with Crippen LogP contribution in [0.2, 0.25) is 0 Å². The molecular formula is C12H11BrN2O2S. The summed E-state index contributed by atoms with van der Waals surface area (Å²) in [6, 6.07) is 5.79. The molecule has 3 rings (SSSR count). The van der Waals surface area contributed by atoms with Gasteiger partial charge in [0.1, 0.15) is 5.75 Å². The first-order chi connectivity index (χ1) is 8.72.